The molecule has 1 saturated heterocycles. The Hall–Kier alpha value is -2.74. The van der Waals surface area contributed by atoms with Gasteiger partial charge in [0, 0.05) is 25.5 Å². The quantitative estimate of drug-likeness (QED) is 0.754. The van der Waals surface area contributed by atoms with Crippen LogP contribution in [0.25, 0.3) is 5.65 Å². The van der Waals surface area contributed by atoms with Crippen molar-refractivity contribution in [1.29, 1.82) is 0 Å². The third-order valence-electron chi connectivity index (χ3n) is 4.70. The van der Waals surface area contributed by atoms with E-state index in [0.29, 0.717) is 24.7 Å². The highest BCUT2D eigenvalue weighted by molar-refractivity contribution is 5.78. The van der Waals surface area contributed by atoms with Crippen LogP contribution in [0, 0.1) is 6.92 Å². The predicted octanol–water partition coefficient (Wildman–Crippen LogP) is 1.16. The van der Waals surface area contributed by atoms with Crippen LogP contribution in [0.2, 0.25) is 0 Å². The number of hydrogen-bond acceptors (Lipinski definition) is 6. The highest BCUT2D eigenvalue weighted by atomic mass is 16.5. The van der Waals surface area contributed by atoms with Crippen LogP contribution in [0.3, 0.4) is 0 Å². The number of aromatic nitrogens is 4. The summed E-state index contributed by atoms with van der Waals surface area (Å²) in [4.78, 5) is 23.0. The molecule has 0 aromatic carbocycles. The van der Waals surface area contributed by atoms with Gasteiger partial charge in [0.15, 0.2) is 5.82 Å². The van der Waals surface area contributed by atoms with E-state index in [2.05, 4.69) is 15.1 Å². The third kappa shape index (κ3) is 3.45. The van der Waals surface area contributed by atoms with Gasteiger partial charge in [-0.2, -0.15) is 4.98 Å². The third-order valence-corrected chi connectivity index (χ3v) is 4.70. The highest BCUT2D eigenvalue weighted by Gasteiger charge is 2.37. The molecule has 0 saturated carbocycles. The van der Waals surface area contributed by atoms with Gasteiger partial charge in [-0.05, 0) is 31.9 Å². The lowest BCUT2D eigenvalue weighted by molar-refractivity contribution is -0.137. The molecule has 26 heavy (non-hydrogen) atoms. The number of rotatable bonds is 4. The minimum absolute atomic E-state index is 0.0340. The molecule has 1 N–H and O–H groups in total. The summed E-state index contributed by atoms with van der Waals surface area (Å²) < 4.78 is 7.02. The molecule has 0 radical (unpaired) electrons. The molecule has 1 unspecified atom stereocenters. The Morgan fingerprint density at radius 1 is 1.38 bits per heavy atom. The van der Waals surface area contributed by atoms with Crippen LogP contribution >= 0.6 is 0 Å². The summed E-state index contributed by atoms with van der Waals surface area (Å²) >= 11 is 0. The van der Waals surface area contributed by atoms with Crippen molar-refractivity contribution in [3.63, 3.8) is 0 Å². The number of nitrogens with zero attached hydrogens (tertiary/aromatic N) is 5. The van der Waals surface area contributed by atoms with Crippen molar-refractivity contribution in [3.05, 3.63) is 48.0 Å². The number of likely N-dealkylation sites (tertiary alicyclic amines) is 1. The first-order chi connectivity index (χ1) is 12.5. The number of β-amino-alcohol motifs (C(OH)–C–C–N with tert-alkyl or cyclic N) is 1. The van der Waals surface area contributed by atoms with Crippen LogP contribution in [-0.2, 0) is 17.6 Å². The molecule has 0 aliphatic carbocycles. The molecule has 0 spiro atoms. The number of fused-ring (bicyclic) bond motifs is 1. The van der Waals surface area contributed by atoms with Crippen molar-refractivity contribution >= 4 is 11.6 Å². The fourth-order valence-corrected chi connectivity index (χ4v) is 3.50. The lowest BCUT2D eigenvalue weighted by Crippen LogP contribution is -2.51. The average molecular weight is 355 g/mol. The van der Waals surface area contributed by atoms with E-state index in [4.69, 9.17) is 4.52 Å². The molecule has 3 aromatic rings. The average Bonchev–Trinajstić information content (AvgIpc) is 3.19. The van der Waals surface area contributed by atoms with Gasteiger partial charge in [-0.15, -0.1) is 0 Å². The van der Waals surface area contributed by atoms with Gasteiger partial charge < -0.3 is 18.9 Å². The first kappa shape index (κ1) is 16.7. The van der Waals surface area contributed by atoms with Gasteiger partial charge in [0.1, 0.15) is 5.65 Å². The summed E-state index contributed by atoms with van der Waals surface area (Å²) in [5, 5.41) is 14.6. The number of aryl methyl sites for hydroxylation is 1. The van der Waals surface area contributed by atoms with E-state index < -0.39 is 5.60 Å². The molecule has 1 amide bonds. The Morgan fingerprint density at radius 3 is 3.04 bits per heavy atom. The molecule has 4 rings (SSSR count). The summed E-state index contributed by atoms with van der Waals surface area (Å²) in [5.74, 6) is 0.909. The summed E-state index contributed by atoms with van der Waals surface area (Å²) in [6.45, 7) is 2.64. The van der Waals surface area contributed by atoms with Crippen LogP contribution in [0.1, 0.15) is 30.3 Å². The van der Waals surface area contributed by atoms with Crippen molar-refractivity contribution < 1.29 is 14.4 Å². The summed E-state index contributed by atoms with van der Waals surface area (Å²) in [7, 11) is 0. The van der Waals surface area contributed by atoms with Gasteiger partial charge in [-0.1, -0.05) is 11.2 Å². The number of carbonyl (C=O) groups excluding carboxylic acids is 1. The van der Waals surface area contributed by atoms with Gasteiger partial charge in [-0.3, -0.25) is 4.79 Å². The van der Waals surface area contributed by atoms with E-state index in [-0.39, 0.29) is 25.3 Å². The molecule has 1 aliphatic rings. The van der Waals surface area contributed by atoms with E-state index >= 15 is 0 Å². The topological polar surface area (TPSA) is 96.8 Å². The van der Waals surface area contributed by atoms with Gasteiger partial charge in [0.2, 0.25) is 11.8 Å². The zero-order chi connectivity index (χ0) is 18.1. The smallest absolute Gasteiger partial charge is 0.229 e. The molecule has 8 heteroatoms. The second kappa shape index (κ2) is 6.53. The molecule has 0 bridgehead atoms. The van der Waals surface area contributed by atoms with E-state index in [9.17, 15) is 9.90 Å². The standard InChI is InChI=1S/C18H21N5O3/c1-13-19-16(26-21-13)10-18(25)6-4-8-23(12-18)17(24)9-14-11-22-7-3-2-5-15(22)20-14/h2-3,5,7,11,25H,4,6,8-10,12H2,1H3. The predicted molar refractivity (Wildman–Crippen MR) is 92.4 cm³/mol. The molecule has 1 aliphatic heterocycles. The van der Waals surface area contributed by atoms with Crippen molar-refractivity contribution in [3.8, 4) is 0 Å². The molecule has 136 valence electrons. The Labute approximate surface area is 150 Å². The van der Waals surface area contributed by atoms with Crippen LogP contribution in [0.4, 0.5) is 0 Å². The number of piperidine rings is 1. The minimum Gasteiger partial charge on any atom is -0.388 e. The van der Waals surface area contributed by atoms with Crippen molar-refractivity contribution in [2.24, 2.45) is 0 Å². The number of aliphatic hydroxyl groups is 1. The first-order valence-electron chi connectivity index (χ1n) is 8.73. The Morgan fingerprint density at radius 2 is 2.27 bits per heavy atom. The molecule has 1 fully saturated rings. The monoisotopic (exact) mass is 355 g/mol. The minimum atomic E-state index is -1.04. The molecule has 4 heterocycles. The second-order valence-electron chi connectivity index (χ2n) is 6.93. The van der Waals surface area contributed by atoms with Crippen LogP contribution in [0.5, 0.6) is 0 Å². The Kier molecular flexibility index (Phi) is 4.20. The van der Waals surface area contributed by atoms with Gasteiger partial charge in [0.25, 0.3) is 0 Å². The van der Waals surface area contributed by atoms with Crippen LogP contribution in [0.15, 0.2) is 35.1 Å². The fraction of sp³-hybridized carbons (Fsp3) is 0.444. The number of amides is 1. The van der Waals surface area contributed by atoms with E-state index in [0.717, 1.165) is 17.8 Å². The van der Waals surface area contributed by atoms with E-state index in [1.165, 1.54) is 0 Å². The summed E-state index contributed by atoms with van der Waals surface area (Å²) in [6, 6.07) is 5.74. The van der Waals surface area contributed by atoms with Crippen LogP contribution in [-0.4, -0.2) is 54.1 Å². The normalized spacial score (nSPS) is 20.6. The highest BCUT2D eigenvalue weighted by Crippen LogP contribution is 2.25. The van der Waals surface area contributed by atoms with Crippen LogP contribution < -0.4 is 0 Å². The largest absolute Gasteiger partial charge is 0.388 e. The number of pyridine rings is 1. The first-order valence-corrected chi connectivity index (χ1v) is 8.73. The molecular formula is C18H21N5O3. The van der Waals surface area contributed by atoms with Crippen molar-refractivity contribution in [1.82, 2.24) is 24.4 Å². The Bertz CT molecular complexity index is 901. The van der Waals surface area contributed by atoms with E-state index in [1.54, 1.807) is 11.8 Å². The lowest BCUT2D eigenvalue weighted by Gasteiger charge is -2.38. The maximum Gasteiger partial charge on any atom is 0.229 e. The maximum absolute atomic E-state index is 12.7. The maximum atomic E-state index is 12.7. The van der Waals surface area contributed by atoms with Crippen molar-refractivity contribution in [2.75, 3.05) is 13.1 Å². The Balaban J connectivity index is 1.43. The summed E-state index contributed by atoms with van der Waals surface area (Å²) in [5.41, 5.74) is 0.506. The van der Waals surface area contributed by atoms with Crippen molar-refractivity contribution in [2.45, 2.75) is 38.2 Å². The molecule has 3 aromatic heterocycles. The lowest BCUT2D eigenvalue weighted by atomic mass is 9.89. The van der Waals surface area contributed by atoms with Gasteiger partial charge in [0.05, 0.1) is 24.1 Å². The fourth-order valence-electron chi connectivity index (χ4n) is 3.50. The summed E-state index contributed by atoms with van der Waals surface area (Å²) in [6.07, 6.45) is 5.59. The second-order valence-corrected chi connectivity index (χ2v) is 6.93. The van der Waals surface area contributed by atoms with Gasteiger partial charge >= 0.3 is 0 Å². The molecule has 8 nitrogen and oxygen atoms in total. The number of hydrogen-bond donors (Lipinski definition) is 1. The van der Waals surface area contributed by atoms with Gasteiger partial charge in [-0.25, -0.2) is 4.98 Å². The van der Waals surface area contributed by atoms with E-state index in [1.807, 2.05) is 35.0 Å². The zero-order valence-corrected chi connectivity index (χ0v) is 14.6. The number of carbonyl (C=O) groups is 1. The molecular weight excluding hydrogens is 334 g/mol. The number of imidazole rings is 1. The SMILES string of the molecule is Cc1noc(CC2(O)CCCN(C(=O)Cc3cn4ccccc4n3)C2)n1. The molecule has 1 atom stereocenters. The zero-order valence-electron chi connectivity index (χ0n) is 14.6.